The van der Waals surface area contributed by atoms with Gasteiger partial charge in [-0.05, 0) is 18.6 Å². The number of nitrogens with one attached hydrogen (secondary N) is 2. The minimum Gasteiger partial charge on any atom is -0.466 e. The largest absolute Gasteiger partial charge is 0.466 e. The maximum absolute atomic E-state index is 13.4. The number of benzene rings is 1. The Kier molecular flexibility index (Phi) is 4.95. The molecule has 0 aliphatic carbocycles. The third kappa shape index (κ3) is 3.13. The lowest BCUT2D eigenvalue weighted by atomic mass is 9.82. The van der Waals surface area contributed by atoms with Crippen molar-refractivity contribution in [3.05, 3.63) is 34.9 Å². The summed E-state index contributed by atoms with van der Waals surface area (Å²) >= 11 is 5.97. The molecule has 1 fully saturated rings. The first kappa shape index (κ1) is 18.3. The molecule has 132 valence electrons. The van der Waals surface area contributed by atoms with Gasteiger partial charge in [-0.15, -0.1) is 0 Å². The quantitative estimate of drug-likeness (QED) is 0.715. The van der Waals surface area contributed by atoms with Crippen LogP contribution >= 0.6 is 11.6 Å². The highest BCUT2D eigenvalue weighted by atomic mass is 35.5. The van der Waals surface area contributed by atoms with Gasteiger partial charge in [-0.25, -0.2) is 4.79 Å². The molecule has 1 aliphatic heterocycles. The van der Waals surface area contributed by atoms with Crippen LogP contribution in [-0.2, 0) is 9.53 Å². The lowest BCUT2D eigenvalue weighted by molar-refractivity contribution is -0.294. The molecular formula is C14H14ClF3N2O4. The number of alkyl halides is 3. The van der Waals surface area contributed by atoms with Crippen LogP contribution in [0.2, 0.25) is 5.02 Å². The minimum atomic E-state index is -5.32. The fourth-order valence-corrected chi connectivity index (χ4v) is 2.78. The minimum absolute atomic E-state index is 0.0310. The van der Waals surface area contributed by atoms with E-state index in [1.165, 1.54) is 36.5 Å². The van der Waals surface area contributed by atoms with E-state index in [9.17, 15) is 27.9 Å². The second kappa shape index (κ2) is 6.48. The van der Waals surface area contributed by atoms with Crippen LogP contribution in [0, 0.1) is 5.92 Å². The van der Waals surface area contributed by atoms with E-state index in [2.05, 4.69) is 10.1 Å². The molecule has 6 nitrogen and oxygen atoms in total. The van der Waals surface area contributed by atoms with Crippen LogP contribution in [0.3, 0.4) is 0 Å². The van der Waals surface area contributed by atoms with Crippen LogP contribution in [0.25, 0.3) is 0 Å². The van der Waals surface area contributed by atoms with Crippen molar-refractivity contribution in [1.82, 2.24) is 10.6 Å². The second-order valence-electron chi connectivity index (χ2n) is 5.09. The number of hydrogen-bond donors (Lipinski definition) is 3. The number of hydrogen-bond acceptors (Lipinski definition) is 4. The molecule has 1 aromatic carbocycles. The van der Waals surface area contributed by atoms with Crippen LogP contribution in [0.1, 0.15) is 18.5 Å². The van der Waals surface area contributed by atoms with E-state index in [-0.39, 0.29) is 17.2 Å². The summed E-state index contributed by atoms with van der Waals surface area (Å²) in [5.41, 5.74) is -3.75. The van der Waals surface area contributed by atoms with Gasteiger partial charge in [0.25, 0.3) is 5.72 Å². The van der Waals surface area contributed by atoms with Crippen LogP contribution < -0.4 is 10.6 Å². The van der Waals surface area contributed by atoms with Crippen LogP contribution in [0.4, 0.5) is 18.0 Å². The van der Waals surface area contributed by atoms with Crippen molar-refractivity contribution in [2.45, 2.75) is 24.9 Å². The monoisotopic (exact) mass is 366 g/mol. The summed E-state index contributed by atoms with van der Waals surface area (Å²) in [6.07, 6.45) is -5.32. The molecule has 0 radical (unpaired) electrons. The van der Waals surface area contributed by atoms with Gasteiger partial charge in [-0.2, -0.15) is 13.2 Å². The van der Waals surface area contributed by atoms with Crippen LogP contribution in [-0.4, -0.2) is 35.6 Å². The molecule has 24 heavy (non-hydrogen) atoms. The number of carbonyl (C=O) groups excluding carboxylic acids is 2. The van der Waals surface area contributed by atoms with Gasteiger partial charge in [-0.3, -0.25) is 4.79 Å². The van der Waals surface area contributed by atoms with Crippen LogP contribution in [0.15, 0.2) is 24.3 Å². The van der Waals surface area contributed by atoms with E-state index in [4.69, 9.17) is 11.6 Å². The summed E-state index contributed by atoms with van der Waals surface area (Å²) in [5, 5.41) is 13.7. The van der Waals surface area contributed by atoms with E-state index >= 15 is 0 Å². The lowest BCUT2D eigenvalue weighted by Crippen LogP contribution is -2.73. The molecule has 2 amide bonds. The highest BCUT2D eigenvalue weighted by molar-refractivity contribution is 6.31. The maximum Gasteiger partial charge on any atom is 0.437 e. The molecule has 3 atom stereocenters. The van der Waals surface area contributed by atoms with E-state index in [0.717, 1.165) is 0 Å². The fraction of sp³-hybridized carbons (Fsp3) is 0.429. The molecule has 0 unspecified atom stereocenters. The Hall–Kier alpha value is -2.00. The third-order valence-corrected chi connectivity index (χ3v) is 3.93. The van der Waals surface area contributed by atoms with Gasteiger partial charge in [0.1, 0.15) is 5.92 Å². The smallest absolute Gasteiger partial charge is 0.437 e. The predicted molar refractivity (Wildman–Crippen MR) is 77.0 cm³/mol. The molecule has 3 N–H and O–H groups in total. The summed E-state index contributed by atoms with van der Waals surface area (Å²) in [4.78, 5) is 23.8. The molecule has 10 heteroatoms. The Bertz CT molecular complexity index is 655. The molecule has 0 aromatic heterocycles. The second-order valence-corrected chi connectivity index (χ2v) is 5.50. The third-order valence-electron chi connectivity index (χ3n) is 3.59. The molecular weight excluding hydrogens is 353 g/mol. The summed E-state index contributed by atoms with van der Waals surface area (Å²) in [6.45, 7) is 1.20. The first-order valence-electron chi connectivity index (χ1n) is 6.90. The molecule has 1 heterocycles. The van der Waals surface area contributed by atoms with Crippen molar-refractivity contribution in [2.24, 2.45) is 5.92 Å². The van der Waals surface area contributed by atoms with Crippen molar-refractivity contribution in [3.63, 3.8) is 0 Å². The zero-order chi connectivity index (χ0) is 18.1. The number of ether oxygens (including phenoxy) is 1. The molecule has 0 saturated carbocycles. The Morgan fingerprint density at radius 3 is 2.58 bits per heavy atom. The molecule has 1 saturated heterocycles. The number of aliphatic hydroxyl groups is 1. The first-order chi connectivity index (χ1) is 11.1. The zero-order valence-electron chi connectivity index (χ0n) is 12.4. The molecule has 1 aliphatic rings. The summed E-state index contributed by atoms with van der Waals surface area (Å²) < 4.78 is 44.9. The predicted octanol–water partition coefficient (Wildman–Crippen LogP) is 2.12. The topological polar surface area (TPSA) is 87.7 Å². The Morgan fingerprint density at radius 2 is 2.04 bits per heavy atom. The van der Waals surface area contributed by atoms with E-state index in [1.54, 1.807) is 0 Å². The number of amides is 2. The van der Waals surface area contributed by atoms with Crippen LogP contribution in [0.5, 0.6) is 0 Å². The van der Waals surface area contributed by atoms with Gasteiger partial charge < -0.3 is 20.5 Å². The molecule has 2 rings (SSSR count). The van der Waals surface area contributed by atoms with Gasteiger partial charge >= 0.3 is 18.2 Å². The highest BCUT2D eigenvalue weighted by Gasteiger charge is 2.67. The summed E-state index contributed by atoms with van der Waals surface area (Å²) in [5.74, 6) is -3.51. The number of esters is 1. The zero-order valence-corrected chi connectivity index (χ0v) is 13.1. The van der Waals surface area contributed by atoms with Gasteiger partial charge in [0.05, 0.1) is 12.6 Å². The number of rotatable bonds is 3. The Morgan fingerprint density at radius 1 is 1.42 bits per heavy atom. The SMILES string of the molecule is CCOC(=O)[C@@H]1[C@@H](c2ccccc2Cl)NC(=O)N[C@]1(O)C(F)(F)F. The van der Waals surface area contributed by atoms with Gasteiger partial charge in [0.15, 0.2) is 0 Å². The van der Waals surface area contributed by atoms with Crippen molar-refractivity contribution in [2.75, 3.05) is 6.61 Å². The highest BCUT2D eigenvalue weighted by Crippen LogP contribution is 2.44. The van der Waals surface area contributed by atoms with Crippen molar-refractivity contribution in [3.8, 4) is 0 Å². The standard InChI is InChI=1S/C14H14ClF3N2O4/c1-2-24-11(21)9-10(7-5-3-4-6-8(7)15)19-12(22)20-13(9,23)14(16,17)18/h3-6,9-10,23H,2H2,1H3,(H2,19,20,22)/t9-,10+,13+/m0/s1. The normalized spacial score (nSPS) is 27.2. The number of carbonyl (C=O) groups is 2. The summed E-state index contributed by atoms with van der Waals surface area (Å²) in [6, 6.07) is 2.92. The fourth-order valence-electron chi connectivity index (χ4n) is 2.52. The average molecular weight is 367 g/mol. The molecule has 1 aromatic rings. The van der Waals surface area contributed by atoms with Crippen molar-refractivity contribution in [1.29, 1.82) is 0 Å². The van der Waals surface area contributed by atoms with E-state index in [0.29, 0.717) is 0 Å². The Labute approximate surface area is 139 Å². The molecule has 0 spiro atoms. The molecule has 0 bridgehead atoms. The van der Waals surface area contributed by atoms with Gasteiger partial charge in [-0.1, -0.05) is 29.8 Å². The first-order valence-corrected chi connectivity index (χ1v) is 7.28. The van der Waals surface area contributed by atoms with Crippen molar-refractivity contribution >= 4 is 23.6 Å². The van der Waals surface area contributed by atoms with Crippen molar-refractivity contribution < 1.29 is 32.6 Å². The van der Waals surface area contributed by atoms with Gasteiger partial charge in [0, 0.05) is 5.02 Å². The van der Waals surface area contributed by atoms with E-state index < -0.39 is 35.9 Å². The number of halogens is 4. The Balaban J connectivity index is 2.60. The van der Waals surface area contributed by atoms with E-state index in [1.807, 2.05) is 0 Å². The summed E-state index contributed by atoms with van der Waals surface area (Å²) in [7, 11) is 0. The average Bonchev–Trinajstić information content (AvgIpc) is 2.45. The van der Waals surface area contributed by atoms with Gasteiger partial charge in [0.2, 0.25) is 0 Å². The lowest BCUT2D eigenvalue weighted by Gasteiger charge is -2.44. The maximum atomic E-state index is 13.4. The number of urea groups is 1.